The average Bonchev–Trinajstić information content (AvgIpc) is 3.13. The second-order valence-corrected chi connectivity index (χ2v) is 7.68. The van der Waals surface area contributed by atoms with Gasteiger partial charge in [0.15, 0.2) is 11.5 Å². The van der Waals surface area contributed by atoms with Crippen LogP contribution in [0.1, 0.15) is 14.5 Å². The Morgan fingerprint density at radius 1 is 1.00 bits per heavy atom. The molecule has 0 radical (unpaired) electrons. The number of ether oxygens (including phenoxy) is 2. The zero-order chi connectivity index (χ0) is 18.1. The zero-order valence-electron chi connectivity index (χ0n) is 14.5. The van der Waals surface area contributed by atoms with Gasteiger partial charge in [-0.2, -0.15) is 0 Å². The van der Waals surface area contributed by atoms with Crippen LogP contribution < -0.4 is 9.47 Å². The molecule has 7 heteroatoms. The molecule has 2 aromatic rings. The van der Waals surface area contributed by atoms with E-state index in [1.54, 1.807) is 11.0 Å². The monoisotopic (exact) mass is 372 g/mol. The summed E-state index contributed by atoms with van der Waals surface area (Å²) in [6, 6.07) is 11.2. The molecule has 0 bridgehead atoms. The Morgan fingerprint density at radius 2 is 1.69 bits per heavy atom. The molecule has 6 nitrogen and oxygen atoms in total. The van der Waals surface area contributed by atoms with Gasteiger partial charge in [0.1, 0.15) is 6.61 Å². The molecule has 136 valence electrons. The van der Waals surface area contributed by atoms with Crippen LogP contribution in [0.15, 0.2) is 36.4 Å². The highest BCUT2D eigenvalue weighted by Gasteiger charge is 2.33. The van der Waals surface area contributed by atoms with Crippen molar-refractivity contribution in [2.75, 3.05) is 32.8 Å². The molecule has 1 aromatic carbocycles. The first-order valence-electron chi connectivity index (χ1n) is 8.65. The maximum atomic E-state index is 12.7. The third kappa shape index (κ3) is 3.26. The molecule has 2 amide bonds. The van der Waals surface area contributed by atoms with E-state index < -0.39 is 6.10 Å². The van der Waals surface area contributed by atoms with Crippen molar-refractivity contribution >= 4 is 23.2 Å². The maximum Gasteiger partial charge on any atom is 0.267 e. The van der Waals surface area contributed by atoms with Crippen molar-refractivity contribution in [1.82, 2.24) is 9.80 Å². The minimum atomic E-state index is -0.632. The van der Waals surface area contributed by atoms with Gasteiger partial charge in [-0.1, -0.05) is 12.1 Å². The van der Waals surface area contributed by atoms with E-state index in [4.69, 9.17) is 9.47 Å². The van der Waals surface area contributed by atoms with Gasteiger partial charge in [-0.3, -0.25) is 9.59 Å². The largest absolute Gasteiger partial charge is 0.485 e. The van der Waals surface area contributed by atoms with Gasteiger partial charge in [0.2, 0.25) is 6.10 Å². The standard InChI is InChI=1S/C19H20N2O4S/c1-13-6-7-17(26-13)19(23)21-10-8-20(9-11-21)18(22)16-12-24-14-4-2-3-5-15(14)25-16/h2-7,16H,8-12H2,1H3/t16-/m0/s1. The molecule has 0 N–H and O–H groups in total. The molecule has 3 heterocycles. The Labute approximate surface area is 155 Å². The summed E-state index contributed by atoms with van der Waals surface area (Å²) in [5.41, 5.74) is 0. The molecule has 2 aliphatic heterocycles. The molecule has 1 fully saturated rings. The molecule has 1 aromatic heterocycles. The second kappa shape index (κ2) is 6.99. The van der Waals surface area contributed by atoms with Crippen molar-refractivity contribution in [1.29, 1.82) is 0 Å². The van der Waals surface area contributed by atoms with Gasteiger partial charge >= 0.3 is 0 Å². The van der Waals surface area contributed by atoms with Crippen molar-refractivity contribution < 1.29 is 19.1 Å². The lowest BCUT2D eigenvalue weighted by molar-refractivity contribution is -0.142. The van der Waals surface area contributed by atoms with E-state index in [0.717, 1.165) is 9.75 Å². The van der Waals surface area contributed by atoms with Gasteiger partial charge < -0.3 is 19.3 Å². The molecule has 2 aliphatic rings. The van der Waals surface area contributed by atoms with Crippen LogP contribution in [-0.2, 0) is 4.79 Å². The second-order valence-electron chi connectivity index (χ2n) is 6.39. The Kier molecular flexibility index (Phi) is 4.55. The van der Waals surface area contributed by atoms with Gasteiger partial charge in [-0.05, 0) is 31.2 Å². The van der Waals surface area contributed by atoms with Crippen LogP contribution in [0, 0.1) is 6.92 Å². The van der Waals surface area contributed by atoms with Crippen LogP contribution >= 0.6 is 11.3 Å². The molecule has 26 heavy (non-hydrogen) atoms. The third-order valence-electron chi connectivity index (χ3n) is 4.61. The van der Waals surface area contributed by atoms with E-state index in [-0.39, 0.29) is 18.4 Å². The van der Waals surface area contributed by atoms with Crippen LogP contribution in [0.2, 0.25) is 0 Å². The smallest absolute Gasteiger partial charge is 0.267 e. The minimum Gasteiger partial charge on any atom is -0.485 e. The Balaban J connectivity index is 1.35. The van der Waals surface area contributed by atoms with Crippen LogP contribution in [0.4, 0.5) is 0 Å². The SMILES string of the molecule is Cc1ccc(C(=O)N2CCN(C(=O)[C@@H]3COc4ccccc4O3)CC2)s1. The van der Waals surface area contributed by atoms with Crippen molar-refractivity contribution in [3.63, 3.8) is 0 Å². The Hall–Kier alpha value is -2.54. The first kappa shape index (κ1) is 16.9. The fourth-order valence-corrected chi connectivity index (χ4v) is 4.02. The normalized spacial score (nSPS) is 19.3. The van der Waals surface area contributed by atoms with E-state index in [9.17, 15) is 9.59 Å². The third-order valence-corrected chi connectivity index (χ3v) is 5.60. The number of rotatable bonds is 2. The number of piperazine rings is 1. The first-order chi connectivity index (χ1) is 12.6. The van der Waals surface area contributed by atoms with Gasteiger partial charge in [-0.25, -0.2) is 0 Å². The summed E-state index contributed by atoms with van der Waals surface area (Å²) in [5, 5.41) is 0. The number of para-hydroxylation sites is 2. The lowest BCUT2D eigenvalue weighted by Crippen LogP contribution is -2.55. The highest BCUT2D eigenvalue weighted by molar-refractivity contribution is 7.13. The molecule has 1 atom stereocenters. The zero-order valence-corrected chi connectivity index (χ0v) is 15.3. The van der Waals surface area contributed by atoms with Crippen molar-refractivity contribution in [3.05, 3.63) is 46.2 Å². The summed E-state index contributed by atoms with van der Waals surface area (Å²) in [5.74, 6) is 1.22. The molecular weight excluding hydrogens is 352 g/mol. The summed E-state index contributed by atoms with van der Waals surface area (Å²) < 4.78 is 11.4. The van der Waals surface area contributed by atoms with Gasteiger partial charge in [0, 0.05) is 31.1 Å². The summed E-state index contributed by atoms with van der Waals surface area (Å²) in [6.07, 6.45) is -0.632. The quantitative estimate of drug-likeness (QED) is 0.811. The first-order valence-corrected chi connectivity index (χ1v) is 9.46. The Bertz CT molecular complexity index is 826. The number of aryl methyl sites for hydroxylation is 1. The number of benzene rings is 1. The Morgan fingerprint density at radius 3 is 2.38 bits per heavy atom. The van der Waals surface area contributed by atoms with Crippen molar-refractivity contribution in [2.24, 2.45) is 0 Å². The number of carbonyl (C=O) groups is 2. The van der Waals surface area contributed by atoms with E-state index >= 15 is 0 Å². The van der Waals surface area contributed by atoms with Crippen LogP contribution in [0.5, 0.6) is 11.5 Å². The molecule has 4 rings (SSSR count). The number of nitrogens with zero attached hydrogens (tertiary/aromatic N) is 2. The predicted molar refractivity (Wildman–Crippen MR) is 97.9 cm³/mol. The predicted octanol–water partition coefficient (Wildman–Crippen LogP) is 2.18. The highest BCUT2D eigenvalue weighted by atomic mass is 32.1. The topological polar surface area (TPSA) is 59.1 Å². The van der Waals surface area contributed by atoms with Gasteiger partial charge in [0.05, 0.1) is 4.88 Å². The molecule has 0 saturated carbocycles. The van der Waals surface area contributed by atoms with Gasteiger partial charge in [0.25, 0.3) is 11.8 Å². The number of thiophene rings is 1. The molecule has 0 spiro atoms. The highest BCUT2D eigenvalue weighted by Crippen LogP contribution is 2.31. The lowest BCUT2D eigenvalue weighted by atomic mass is 10.2. The summed E-state index contributed by atoms with van der Waals surface area (Å²) >= 11 is 1.50. The molecular formula is C19H20N2O4S. The van der Waals surface area contributed by atoms with Crippen LogP contribution in [0.3, 0.4) is 0 Å². The number of carbonyl (C=O) groups excluding carboxylic acids is 2. The minimum absolute atomic E-state index is 0.0429. The molecule has 0 aliphatic carbocycles. The van der Waals surface area contributed by atoms with Gasteiger partial charge in [-0.15, -0.1) is 11.3 Å². The number of hydrogen-bond donors (Lipinski definition) is 0. The van der Waals surface area contributed by atoms with Crippen LogP contribution in [0.25, 0.3) is 0 Å². The van der Waals surface area contributed by atoms with Crippen molar-refractivity contribution in [3.8, 4) is 11.5 Å². The fourth-order valence-electron chi connectivity index (χ4n) is 3.18. The van der Waals surface area contributed by atoms with Crippen molar-refractivity contribution in [2.45, 2.75) is 13.0 Å². The number of amides is 2. The lowest BCUT2D eigenvalue weighted by Gasteiger charge is -2.37. The number of hydrogen-bond acceptors (Lipinski definition) is 5. The van der Waals surface area contributed by atoms with Crippen LogP contribution in [-0.4, -0.2) is 60.5 Å². The number of fused-ring (bicyclic) bond motifs is 1. The van der Waals surface area contributed by atoms with E-state index in [0.29, 0.717) is 37.7 Å². The summed E-state index contributed by atoms with van der Waals surface area (Å²) in [6.45, 7) is 4.29. The van der Waals surface area contributed by atoms with E-state index in [1.807, 2.05) is 42.2 Å². The van der Waals surface area contributed by atoms with E-state index in [2.05, 4.69) is 0 Å². The van der Waals surface area contributed by atoms with E-state index in [1.165, 1.54) is 11.3 Å². The fraction of sp³-hybridized carbons (Fsp3) is 0.368. The molecule has 0 unspecified atom stereocenters. The molecule has 1 saturated heterocycles. The maximum absolute atomic E-state index is 12.7. The summed E-state index contributed by atoms with van der Waals surface area (Å²) in [7, 11) is 0. The summed E-state index contributed by atoms with van der Waals surface area (Å²) in [4.78, 5) is 30.7. The average molecular weight is 372 g/mol.